The van der Waals surface area contributed by atoms with Gasteiger partial charge in [-0.05, 0) is 37.8 Å². The predicted octanol–water partition coefficient (Wildman–Crippen LogP) is 4.47. The Morgan fingerprint density at radius 2 is 1.94 bits per heavy atom. The van der Waals surface area contributed by atoms with Crippen LogP contribution in [0.3, 0.4) is 0 Å². The maximum Gasteiger partial charge on any atom is 0.0346 e. The maximum atomic E-state index is 3.70. The average Bonchev–Trinajstić information content (AvgIpc) is 2.30. The van der Waals surface area contributed by atoms with Gasteiger partial charge in [-0.1, -0.05) is 57.0 Å². The summed E-state index contributed by atoms with van der Waals surface area (Å²) in [5, 5.41) is 3.70. The highest BCUT2D eigenvalue weighted by Gasteiger charge is 2.17. The molecular weight excluding hydrogens is 206 g/mol. The minimum absolute atomic E-state index is 0.509. The number of aryl methyl sites for hydroxylation is 1. The maximum absolute atomic E-state index is 3.70. The summed E-state index contributed by atoms with van der Waals surface area (Å²) in [7, 11) is 0. The summed E-state index contributed by atoms with van der Waals surface area (Å²) in [4.78, 5) is 0. The monoisotopic (exact) mass is 233 g/mol. The van der Waals surface area contributed by atoms with E-state index < -0.39 is 0 Å². The van der Waals surface area contributed by atoms with Crippen LogP contribution in [0.1, 0.15) is 57.2 Å². The van der Waals surface area contributed by atoms with Crippen molar-refractivity contribution >= 4 is 0 Å². The Kier molecular flexibility index (Phi) is 6.28. The summed E-state index contributed by atoms with van der Waals surface area (Å²) in [6, 6.07) is 9.43. The quantitative estimate of drug-likeness (QED) is 0.732. The topological polar surface area (TPSA) is 12.0 Å². The highest BCUT2D eigenvalue weighted by molar-refractivity contribution is 5.25. The number of benzene rings is 1. The zero-order valence-corrected chi connectivity index (χ0v) is 11.8. The third kappa shape index (κ3) is 4.51. The van der Waals surface area contributed by atoms with Crippen LogP contribution in [0.2, 0.25) is 0 Å². The molecule has 0 aromatic heterocycles. The van der Waals surface area contributed by atoms with Crippen LogP contribution >= 0.6 is 0 Å². The second-order valence-electron chi connectivity index (χ2n) is 5.11. The van der Waals surface area contributed by atoms with Gasteiger partial charge in [0.25, 0.3) is 0 Å². The van der Waals surface area contributed by atoms with E-state index in [0.29, 0.717) is 12.0 Å². The summed E-state index contributed by atoms with van der Waals surface area (Å²) in [6.07, 6.45) is 3.74. The molecule has 1 aromatic carbocycles. The Hall–Kier alpha value is -0.820. The fraction of sp³-hybridized carbons (Fsp3) is 0.625. The second-order valence-corrected chi connectivity index (χ2v) is 5.11. The lowest BCUT2D eigenvalue weighted by atomic mass is 9.90. The SMILES string of the molecule is CCCNC(c1cccc(C)c1)C(C)CCC. The van der Waals surface area contributed by atoms with Gasteiger partial charge < -0.3 is 5.32 Å². The minimum Gasteiger partial charge on any atom is -0.310 e. The Bertz CT molecular complexity index is 319. The van der Waals surface area contributed by atoms with Gasteiger partial charge in [-0.2, -0.15) is 0 Å². The molecule has 2 unspecified atom stereocenters. The van der Waals surface area contributed by atoms with Crippen LogP contribution in [0.4, 0.5) is 0 Å². The fourth-order valence-corrected chi connectivity index (χ4v) is 2.43. The van der Waals surface area contributed by atoms with Gasteiger partial charge >= 0.3 is 0 Å². The summed E-state index contributed by atoms with van der Waals surface area (Å²) in [5.41, 5.74) is 2.80. The molecule has 0 aliphatic rings. The zero-order chi connectivity index (χ0) is 12.7. The lowest BCUT2D eigenvalue weighted by molar-refractivity contribution is 0.363. The van der Waals surface area contributed by atoms with Gasteiger partial charge in [-0.25, -0.2) is 0 Å². The van der Waals surface area contributed by atoms with E-state index in [0.717, 1.165) is 6.54 Å². The highest BCUT2D eigenvalue weighted by Crippen LogP contribution is 2.26. The third-order valence-electron chi connectivity index (χ3n) is 3.33. The first-order valence-electron chi connectivity index (χ1n) is 6.99. The molecular formula is C16H27N. The minimum atomic E-state index is 0.509. The largest absolute Gasteiger partial charge is 0.310 e. The summed E-state index contributed by atoms with van der Waals surface area (Å²) in [5.74, 6) is 0.702. The molecule has 0 spiro atoms. The first kappa shape index (κ1) is 14.2. The molecule has 2 atom stereocenters. The molecule has 1 nitrogen and oxygen atoms in total. The van der Waals surface area contributed by atoms with Crippen molar-refractivity contribution in [2.45, 2.75) is 53.0 Å². The van der Waals surface area contributed by atoms with Crippen LogP contribution < -0.4 is 5.32 Å². The molecule has 0 heterocycles. The van der Waals surface area contributed by atoms with Crippen LogP contribution in [-0.4, -0.2) is 6.54 Å². The van der Waals surface area contributed by atoms with Gasteiger partial charge in [0.1, 0.15) is 0 Å². The van der Waals surface area contributed by atoms with Gasteiger partial charge in [0, 0.05) is 6.04 Å². The highest BCUT2D eigenvalue weighted by atomic mass is 14.9. The third-order valence-corrected chi connectivity index (χ3v) is 3.33. The lowest BCUT2D eigenvalue weighted by Crippen LogP contribution is -2.27. The van der Waals surface area contributed by atoms with Crippen LogP contribution in [0, 0.1) is 12.8 Å². The summed E-state index contributed by atoms with van der Waals surface area (Å²) < 4.78 is 0. The molecule has 17 heavy (non-hydrogen) atoms. The summed E-state index contributed by atoms with van der Waals surface area (Å²) in [6.45, 7) is 10.1. The zero-order valence-electron chi connectivity index (χ0n) is 11.8. The van der Waals surface area contributed by atoms with Gasteiger partial charge in [0.15, 0.2) is 0 Å². The van der Waals surface area contributed by atoms with Gasteiger partial charge in [0.05, 0.1) is 0 Å². The molecule has 0 radical (unpaired) electrons. The molecule has 1 rings (SSSR count). The normalized spacial score (nSPS) is 14.6. The Morgan fingerprint density at radius 1 is 1.18 bits per heavy atom. The number of nitrogens with one attached hydrogen (secondary N) is 1. The van der Waals surface area contributed by atoms with Gasteiger partial charge in [-0.3, -0.25) is 0 Å². The first-order chi connectivity index (χ1) is 8.19. The Morgan fingerprint density at radius 3 is 2.53 bits per heavy atom. The van der Waals surface area contributed by atoms with Crippen molar-refractivity contribution in [2.24, 2.45) is 5.92 Å². The van der Waals surface area contributed by atoms with Crippen molar-refractivity contribution in [3.63, 3.8) is 0 Å². The Labute approximate surface area is 107 Å². The van der Waals surface area contributed by atoms with Crippen LogP contribution in [-0.2, 0) is 0 Å². The van der Waals surface area contributed by atoms with E-state index in [2.05, 4.69) is 57.3 Å². The average molecular weight is 233 g/mol. The molecule has 0 aliphatic carbocycles. The first-order valence-corrected chi connectivity index (χ1v) is 6.99. The molecule has 0 saturated carbocycles. The van der Waals surface area contributed by atoms with Gasteiger partial charge in [0.2, 0.25) is 0 Å². The predicted molar refractivity (Wildman–Crippen MR) is 76.3 cm³/mol. The molecule has 1 aromatic rings. The summed E-state index contributed by atoms with van der Waals surface area (Å²) >= 11 is 0. The molecule has 0 bridgehead atoms. The molecule has 96 valence electrons. The number of hydrogen-bond acceptors (Lipinski definition) is 1. The molecule has 1 heteroatoms. The van der Waals surface area contributed by atoms with E-state index in [-0.39, 0.29) is 0 Å². The fourth-order valence-electron chi connectivity index (χ4n) is 2.43. The Balaban J connectivity index is 2.81. The number of hydrogen-bond donors (Lipinski definition) is 1. The van der Waals surface area contributed by atoms with Crippen LogP contribution in [0.15, 0.2) is 24.3 Å². The molecule has 0 amide bonds. The molecule has 0 saturated heterocycles. The second kappa shape index (κ2) is 7.50. The van der Waals surface area contributed by atoms with Gasteiger partial charge in [-0.15, -0.1) is 0 Å². The van der Waals surface area contributed by atoms with E-state index in [1.165, 1.54) is 30.4 Å². The van der Waals surface area contributed by atoms with E-state index in [4.69, 9.17) is 0 Å². The standard InChI is InChI=1S/C16H27N/c1-5-8-14(4)16(17-11-6-2)15-10-7-9-13(3)12-15/h7,9-10,12,14,16-17H,5-6,8,11H2,1-4H3. The van der Waals surface area contributed by atoms with Crippen molar-refractivity contribution in [3.05, 3.63) is 35.4 Å². The van der Waals surface area contributed by atoms with Crippen molar-refractivity contribution in [2.75, 3.05) is 6.54 Å². The van der Waals surface area contributed by atoms with E-state index >= 15 is 0 Å². The van der Waals surface area contributed by atoms with E-state index in [1.807, 2.05) is 0 Å². The number of rotatable bonds is 7. The van der Waals surface area contributed by atoms with Crippen LogP contribution in [0.25, 0.3) is 0 Å². The molecule has 0 fully saturated rings. The van der Waals surface area contributed by atoms with Crippen molar-refractivity contribution in [1.82, 2.24) is 5.32 Å². The molecule has 0 aliphatic heterocycles. The van der Waals surface area contributed by atoms with Crippen LogP contribution in [0.5, 0.6) is 0 Å². The van der Waals surface area contributed by atoms with Crippen molar-refractivity contribution in [1.29, 1.82) is 0 Å². The van der Waals surface area contributed by atoms with Crippen molar-refractivity contribution in [3.8, 4) is 0 Å². The van der Waals surface area contributed by atoms with Crippen molar-refractivity contribution < 1.29 is 0 Å². The smallest absolute Gasteiger partial charge is 0.0346 e. The van der Waals surface area contributed by atoms with E-state index in [9.17, 15) is 0 Å². The van der Waals surface area contributed by atoms with E-state index in [1.54, 1.807) is 0 Å². The lowest BCUT2D eigenvalue weighted by Gasteiger charge is -2.26. The molecule has 1 N–H and O–H groups in total.